The van der Waals surface area contributed by atoms with Gasteiger partial charge < -0.3 is 14.8 Å². The number of rotatable bonds is 2. The zero-order chi connectivity index (χ0) is 23.8. The molecule has 0 radical (unpaired) electrons. The fourth-order valence-corrected chi connectivity index (χ4v) is 8.65. The number of ether oxygens (including phenoxy) is 2. The number of benzene rings is 2. The van der Waals surface area contributed by atoms with Crippen LogP contribution in [0, 0.1) is 11.3 Å². The van der Waals surface area contributed by atoms with Crippen molar-refractivity contribution in [1.29, 1.82) is 0 Å². The van der Waals surface area contributed by atoms with Gasteiger partial charge in [-0.3, -0.25) is 0 Å². The maximum Gasteiger partial charge on any atom is 0.407 e. The normalized spacial score (nSPS) is 39.2. The first-order chi connectivity index (χ1) is 17.0. The van der Waals surface area contributed by atoms with Crippen molar-refractivity contribution in [2.75, 3.05) is 7.05 Å². The first-order valence-corrected chi connectivity index (χ1v) is 13.4. The number of alkyl carbamates (subject to hydrolysis) is 1. The SMILES string of the molecule is CNC(=O)OC1CCC2=CC3=CC[C@]4(C)[C@@H](c5ccc6ccccc6c5)CC[C@H]4C34CC[C@]2(C1)O4. The van der Waals surface area contributed by atoms with Crippen molar-refractivity contribution < 1.29 is 14.3 Å². The quantitative estimate of drug-likeness (QED) is 0.526. The van der Waals surface area contributed by atoms with Gasteiger partial charge in [-0.05, 0) is 89.7 Å². The third-order valence-corrected chi connectivity index (χ3v) is 10.3. The lowest BCUT2D eigenvalue weighted by atomic mass is 9.58. The molecule has 7 rings (SSSR count). The van der Waals surface area contributed by atoms with Crippen molar-refractivity contribution in [2.45, 2.75) is 81.5 Å². The number of hydrogen-bond donors (Lipinski definition) is 1. The van der Waals surface area contributed by atoms with Crippen LogP contribution in [0.3, 0.4) is 0 Å². The summed E-state index contributed by atoms with van der Waals surface area (Å²) in [5.41, 5.74) is 4.10. The molecule has 3 fully saturated rings. The molecular formula is C31H35NO3. The van der Waals surface area contributed by atoms with Gasteiger partial charge in [-0.15, -0.1) is 0 Å². The molecule has 1 saturated heterocycles. The van der Waals surface area contributed by atoms with Gasteiger partial charge in [0.25, 0.3) is 0 Å². The molecular weight excluding hydrogens is 434 g/mol. The predicted molar refractivity (Wildman–Crippen MR) is 137 cm³/mol. The Morgan fingerprint density at radius 2 is 1.94 bits per heavy atom. The summed E-state index contributed by atoms with van der Waals surface area (Å²) in [5.74, 6) is 1.06. The lowest BCUT2D eigenvalue weighted by Crippen LogP contribution is -2.54. The first-order valence-electron chi connectivity index (χ1n) is 13.4. The second-order valence-corrected chi connectivity index (χ2v) is 11.8. The molecule has 2 aliphatic heterocycles. The minimum absolute atomic E-state index is 0.0725. The van der Waals surface area contributed by atoms with Crippen molar-refractivity contribution in [1.82, 2.24) is 5.32 Å². The van der Waals surface area contributed by atoms with Crippen LogP contribution < -0.4 is 5.32 Å². The summed E-state index contributed by atoms with van der Waals surface area (Å²) in [5, 5.41) is 5.27. The van der Waals surface area contributed by atoms with Crippen LogP contribution in [-0.4, -0.2) is 30.4 Å². The van der Waals surface area contributed by atoms with Crippen molar-refractivity contribution in [2.24, 2.45) is 11.3 Å². The van der Waals surface area contributed by atoms with E-state index >= 15 is 0 Å². The maximum atomic E-state index is 11.9. The molecule has 3 aliphatic carbocycles. The van der Waals surface area contributed by atoms with Gasteiger partial charge in [0, 0.05) is 13.5 Å². The number of fused-ring (bicyclic) bond motifs is 2. The molecule has 2 saturated carbocycles. The number of carbonyl (C=O) groups is 1. The van der Waals surface area contributed by atoms with Gasteiger partial charge in [-0.25, -0.2) is 4.79 Å². The van der Waals surface area contributed by atoms with Crippen LogP contribution in [-0.2, 0) is 9.47 Å². The van der Waals surface area contributed by atoms with Gasteiger partial charge in [-0.2, -0.15) is 0 Å². The number of amides is 1. The third-order valence-electron chi connectivity index (χ3n) is 10.3. The van der Waals surface area contributed by atoms with E-state index in [1.807, 2.05) is 0 Å². The Hall–Kier alpha value is -2.59. The molecule has 1 amide bonds. The number of allylic oxidation sites excluding steroid dienone is 1. The third kappa shape index (κ3) is 2.98. The molecule has 0 aromatic heterocycles. The molecule has 2 unspecified atom stereocenters. The van der Waals surface area contributed by atoms with Crippen LogP contribution in [0.4, 0.5) is 4.79 Å². The zero-order valence-corrected chi connectivity index (χ0v) is 20.8. The van der Waals surface area contributed by atoms with Crippen molar-refractivity contribution in [3.8, 4) is 0 Å². The average molecular weight is 470 g/mol. The largest absolute Gasteiger partial charge is 0.446 e. The van der Waals surface area contributed by atoms with Gasteiger partial charge in [0.2, 0.25) is 0 Å². The number of hydrogen-bond acceptors (Lipinski definition) is 3. The smallest absolute Gasteiger partial charge is 0.407 e. The topological polar surface area (TPSA) is 47.6 Å². The molecule has 2 heterocycles. The lowest BCUT2D eigenvalue weighted by Gasteiger charge is -2.54. The average Bonchev–Trinajstić information content (AvgIpc) is 3.38. The standard InChI is InChI=1S/C31H35NO3/c1-29-14-13-24-18-23-9-10-25(34-28(33)32-2)19-30(23)15-16-31(24,35-30)27(29)12-11-26(29)22-8-7-20-5-3-4-6-21(20)17-22/h3-8,13,17-18,25-27H,9-12,14-16,19H2,1-2H3,(H,32,33)/t25?,26-,27-,29-,30-,31?/m1/s1. The van der Waals surface area contributed by atoms with Crippen LogP contribution in [0.25, 0.3) is 10.8 Å². The Morgan fingerprint density at radius 3 is 2.80 bits per heavy atom. The molecule has 1 N–H and O–H groups in total. The Labute approximate surface area is 207 Å². The highest BCUT2D eigenvalue weighted by Crippen LogP contribution is 2.69. The monoisotopic (exact) mass is 469 g/mol. The van der Waals surface area contributed by atoms with Crippen molar-refractivity contribution >= 4 is 16.9 Å². The summed E-state index contributed by atoms with van der Waals surface area (Å²) < 4.78 is 13.0. The highest BCUT2D eigenvalue weighted by Gasteiger charge is 2.66. The summed E-state index contributed by atoms with van der Waals surface area (Å²) in [7, 11) is 1.63. The predicted octanol–water partition coefficient (Wildman–Crippen LogP) is 6.81. The second-order valence-electron chi connectivity index (χ2n) is 11.8. The molecule has 5 aliphatic rings. The molecule has 2 aromatic carbocycles. The summed E-state index contributed by atoms with van der Waals surface area (Å²) in [4.78, 5) is 11.9. The van der Waals surface area contributed by atoms with E-state index in [1.165, 1.54) is 40.3 Å². The van der Waals surface area contributed by atoms with Gasteiger partial charge in [0.05, 0.1) is 11.2 Å². The van der Waals surface area contributed by atoms with Gasteiger partial charge in [0.1, 0.15) is 6.10 Å². The zero-order valence-electron chi connectivity index (χ0n) is 20.8. The second kappa shape index (κ2) is 7.46. The highest BCUT2D eigenvalue weighted by atomic mass is 16.6. The molecule has 6 atom stereocenters. The number of carbonyl (C=O) groups excluding carboxylic acids is 1. The molecule has 2 aromatic rings. The van der Waals surface area contributed by atoms with Crippen LogP contribution in [0.2, 0.25) is 0 Å². The highest BCUT2D eigenvalue weighted by molar-refractivity contribution is 5.83. The summed E-state index contributed by atoms with van der Waals surface area (Å²) in [6.07, 6.45) is 12.9. The minimum Gasteiger partial charge on any atom is -0.446 e. The van der Waals surface area contributed by atoms with E-state index in [-0.39, 0.29) is 28.8 Å². The van der Waals surface area contributed by atoms with E-state index in [0.29, 0.717) is 11.8 Å². The first kappa shape index (κ1) is 21.7. The van der Waals surface area contributed by atoms with E-state index in [4.69, 9.17) is 9.47 Å². The van der Waals surface area contributed by atoms with Crippen LogP contribution in [0.15, 0.2) is 65.8 Å². The Kier molecular flexibility index (Phi) is 4.62. The maximum absolute atomic E-state index is 11.9. The summed E-state index contributed by atoms with van der Waals surface area (Å²) in [6.45, 7) is 2.53. The molecule has 2 spiro atoms. The fraction of sp³-hybridized carbons (Fsp3) is 0.516. The Morgan fingerprint density at radius 1 is 1.09 bits per heavy atom. The molecule has 4 heteroatoms. The minimum atomic E-state index is -0.331. The molecule has 4 nitrogen and oxygen atoms in total. The molecule has 2 bridgehead atoms. The van der Waals surface area contributed by atoms with Crippen LogP contribution in [0.5, 0.6) is 0 Å². The van der Waals surface area contributed by atoms with E-state index in [1.54, 1.807) is 7.05 Å². The Balaban J connectivity index is 1.23. The van der Waals surface area contributed by atoms with Gasteiger partial charge >= 0.3 is 6.09 Å². The summed E-state index contributed by atoms with van der Waals surface area (Å²) in [6, 6.07) is 15.8. The Bertz CT molecular complexity index is 1280. The molecule has 35 heavy (non-hydrogen) atoms. The van der Waals surface area contributed by atoms with E-state index < -0.39 is 0 Å². The summed E-state index contributed by atoms with van der Waals surface area (Å²) >= 11 is 0. The fourth-order valence-electron chi connectivity index (χ4n) is 8.65. The lowest BCUT2D eigenvalue weighted by molar-refractivity contribution is -0.144. The number of nitrogens with one attached hydrogen (secondary N) is 1. The van der Waals surface area contributed by atoms with Crippen molar-refractivity contribution in [3.05, 3.63) is 71.3 Å². The van der Waals surface area contributed by atoms with Crippen LogP contribution in [0.1, 0.15) is 69.8 Å². The van der Waals surface area contributed by atoms with E-state index in [2.05, 4.69) is 66.9 Å². The van der Waals surface area contributed by atoms with Gasteiger partial charge in [0.15, 0.2) is 0 Å². The van der Waals surface area contributed by atoms with Crippen LogP contribution >= 0.6 is 0 Å². The van der Waals surface area contributed by atoms with Crippen molar-refractivity contribution in [3.63, 3.8) is 0 Å². The molecule has 182 valence electrons. The van der Waals surface area contributed by atoms with Gasteiger partial charge in [-0.1, -0.05) is 61.5 Å². The van der Waals surface area contributed by atoms with E-state index in [0.717, 1.165) is 38.5 Å². The van der Waals surface area contributed by atoms with E-state index in [9.17, 15) is 4.79 Å².